The Bertz CT molecular complexity index is 393. The van der Waals surface area contributed by atoms with Crippen LogP contribution in [0.5, 0.6) is 0 Å². The quantitative estimate of drug-likeness (QED) is 0.735. The summed E-state index contributed by atoms with van der Waals surface area (Å²) in [4.78, 5) is 25.2. The Morgan fingerprint density at radius 3 is 2.38 bits per heavy atom. The van der Waals surface area contributed by atoms with Gasteiger partial charge in [-0.25, -0.2) is 4.79 Å². The van der Waals surface area contributed by atoms with Gasteiger partial charge in [0.2, 0.25) is 0 Å². The van der Waals surface area contributed by atoms with E-state index in [0.29, 0.717) is 12.8 Å². The molecule has 2 rings (SSSR count). The number of aliphatic hydroxyl groups is 1. The lowest BCUT2D eigenvalue weighted by atomic mass is 9.86. The summed E-state index contributed by atoms with van der Waals surface area (Å²) < 4.78 is 0. The van der Waals surface area contributed by atoms with Crippen molar-refractivity contribution >= 4 is 12.0 Å². The van der Waals surface area contributed by atoms with Gasteiger partial charge in [-0.05, 0) is 25.7 Å². The average molecular weight is 298 g/mol. The predicted molar refractivity (Wildman–Crippen MR) is 78.0 cm³/mol. The first-order valence-electron chi connectivity index (χ1n) is 7.88. The smallest absolute Gasteiger partial charge is 0.317 e. The molecular formula is C15H26N2O4. The SMILES string of the molecule is CN(C(=O)NCC1(C(=O)O)CCCC1)C1CCCCC1O. The van der Waals surface area contributed by atoms with Gasteiger partial charge in [0.1, 0.15) is 0 Å². The molecule has 2 aliphatic rings. The zero-order valence-corrected chi connectivity index (χ0v) is 12.7. The monoisotopic (exact) mass is 298 g/mol. The van der Waals surface area contributed by atoms with Gasteiger partial charge in [0, 0.05) is 13.6 Å². The minimum absolute atomic E-state index is 0.164. The highest BCUT2D eigenvalue weighted by Crippen LogP contribution is 2.37. The largest absolute Gasteiger partial charge is 0.481 e. The zero-order valence-electron chi connectivity index (χ0n) is 12.7. The number of carbonyl (C=O) groups is 2. The lowest BCUT2D eigenvalue weighted by Crippen LogP contribution is -2.52. The highest BCUT2D eigenvalue weighted by Gasteiger charge is 2.42. The number of likely N-dealkylation sites (N-methyl/N-ethyl adjacent to an activating group) is 1. The topological polar surface area (TPSA) is 89.9 Å². The molecule has 0 radical (unpaired) electrons. The molecule has 3 N–H and O–H groups in total. The second kappa shape index (κ2) is 6.64. The van der Waals surface area contributed by atoms with Gasteiger partial charge in [0.05, 0.1) is 17.6 Å². The third-order valence-corrected chi connectivity index (χ3v) is 5.10. The average Bonchev–Trinajstić information content (AvgIpc) is 2.95. The second-order valence-corrected chi connectivity index (χ2v) is 6.48. The molecule has 2 saturated carbocycles. The molecule has 0 saturated heterocycles. The molecule has 0 spiro atoms. The fourth-order valence-electron chi connectivity index (χ4n) is 3.58. The van der Waals surface area contributed by atoms with Crippen LogP contribution in [0.2, 0.25) is 0 Å². The third-order valence-electron chi connectivity index (χ3n) is 5.10. The van der Waals surface area contributed by atoms with Crippen molar-refractivity contribution in [2.75, 3.05) is 13.6 Å². The van der Waals surface area contributed by atoms with E-state index in [1.807, 2.05) is 0 Å². The summed E-state index contributed by atoms with van der Waals surface area (Å²) in [5.74, 6) is -0.819. The Labute approximate surface area is 125 Å². The Balaban J connectivity index is 1.90. The number of nitrogens with zero attached hydrogens (tertiary/aromatic N) is 1. The van der Waals surface area contributed by atoms with Crippen molar-refractivity contribution in [1.29, 1.82) is 0 Å². The van der Waals surface area contributed by atoms with Crippen molar-refractivity contribution in [3.05, 3.63) is 0 Å². The van der Waals surface area contributed by atoms with Gasteiger partial charge in [-0.2, -0.15) is 0 Å². The van der Waals surface area contributed by atoms with E-state index >= 15 is 0 Å². The van der Waals surface area contributed by atoms with Gasteiger partial charge in [-0.3, -0.25) is 4.79 Å². The molecule has 2 aliphatic carbocycles. The molecular weight excluding hydrogens is 272 g/mol. The summed E-state index contributed by atoms with van der Waals surface area (Å²) >= 11 is 0. The minimum atomic E-state index is -0.819. The first-order valence-corrected chi connectivity index (χ1v) is 7.88. The summed E-state index contributed by atoms with van der Waals surface area (Å²) in [5.41, 5.74) is -0.804. The first-order chi connectivity index (χ1) is 9.96. The van der Waals surface area contributed by atoms with E-state index in [1.54, 1.807) is 7.05 Å². The fourth-order valence-corrected chi connectivity index (χ4v) is 3.58. The number of aliphatic hydroxyl groups excluding tert-OH is 1. The van der Waals surface area contributed by atoms with Gasteiger partial charge < -0.3 is 20.4 Å². The molecule has 0 aromatic carbocycles. The van der Waals surface area contributed by atoms with Crippen molar-refractivity contribution in [2.45, 2.75) is 63.5 Å². The highest BCUT2D eigenvalue weighted by atomic mass is 16.4. The predicted octanol–water partition coefficient (Wildman–Crippen LogP) is 1.58. The molecule has 6 nitrogen and oxygen atoms in total. The van der Waals surface area contributed by atoms with Crippen LogP contribution in [0.4, 0.5) is 4.79 Å². The minimum Gasteiger partial charge on any atom is -0.481 e. The molecule has 120 valence electrons. The van der Waals surface area contributed by atoms with Crippen molar-refractivity contribution < 1.29 is 19.8 Å². The summed E-state index contributed by atoms with van der Waals surface area (Å²) in [6.45, 7) is 0.175. The van der Waals surface area contributed by atoms with Gasteiger partial charge in [0.15, 0.2) is 0 Å². The lowest BCUT2D eigenvalue weighted by Gasteiger charge is -2.35. The van der Waals surface area contributed by atoms with Gasteiger partial charge in [0.25, 0.3) is 0 Å². The molecule has 21 heavy (non-hydrogen) atoms. The van der Waals surface area contributed by atoms with Gasteiger partial charge >= 0.3 is 12.0 Å². The normalized spacial score (nSPS) is 28.1. The van der Waals surface area contributed by atoms with Gasteiger partial charge in [-0.1, -0.05) is 25.7 Å². The molecule has 0 aromatic heterocycles. The molecule has 0 heterocycles. The van der Waals surface area contributed by atoms with E-state index in [4.69, 9.17) is 0 Å². The number of carboxylic acid groups (broad SMARTS) is 1. The van der Waals surface area contributed by atoms with Crippen molar-refractivity contribution in [3.63, 3.8) is 0 Å². The van der Waals surface area contributed by atoms with Crippen molar-refractivity contribution in [2.24, 2.45) is 5.41 Å². The van der Waals surface area contributed by atoms with Crippen LogP contribution in [0.25, 0.3) is 0 Å². The van der Waals surface area contributed by atoms with Crippen LogP contribution in [0.15, 0.2) is 0 Å². The van der Waals surface area contributed by atoms with Crippen LogP contribution >= 0.6 is 0 Å². The summed E-state index contributed by atoms with van der Waals surface area (Å²) in [5, 5.41) is 22.2. The molecule has 6 heteroatoms. The number of amides is 2. The van der Waals surface area contributed by atoms with E-state index in [0.717, 1.165) is 38.5 Å². The summed E-state index contributed by atoms with van der Waals surface area (Å²) in [6, 6.07) is -0.448. The number of urea groups is 1. The Morgan fingerprint density at radius 2 is 1.81 bits per heavy atom. The van der Waals surface area contributed by atoms with E-state index in [9.17, 15) is 19.8 Å². The molecule has 0 aromatic rings. The summed E-state index contributed by atoms with van der Waals surface area (Å²) in [7, 11) is 1.68. The Morgan fingerprint density at radius 1 is 1.19 bits per heavy atom. The van der Waals surface area contributed by atoms with Crippen molar-refractivity contribution in [3.8, 4) is 0 Å². The van der Waals surface area contributed by atoms with Crippen LogP contribution in [-0.4, -0.2) is 52.9 Å². The van der Waals surface area contributed by atoms with Crippen LogP contribution in [-0.2, 0) is 4.79 Å². The number of rotatable bonds is 4. The number of hydrogen-bond acceptors (Lipinski definition) is 3. The maximum atomic E-state index is 12.2. The van der Waals surface area contributed by atoms with Crippen LogP contribution in [0, 0.1) is 5.41 Å². The number of aliphatic carboxylic acids is 1. The molecule has 2 unspecified atom stereocenters. The van der Waals surface area contributed by atoms with E-state index in [-0.39, 0.29) is 18.6 Å². The maximum Gasteiger partial charge on any atom is 0.317 e. The highest BCUT2D eigenvalue weighted by molar-refractivity contribution is 5.78. The zero-order chi connectivity index (χ0) is 15.5. The fraction of sp³-hybridized carbons (Fsp3) is 0.867. The molecule has 2 amide bonds. The number of nitrogens with one attached hydrogen (secondary N) is 1. The Hall–Kier alpha value is -1.30. The number of hydrogen-bond donors (Lipinski definition) is 3. The standard InChI is InChI=1S/C15H26N2O4/c1-17(11-6-2-3-7-12(11)18)14(21)16-10-15(13(19)20)8-4-5-9-15/h11-12,18H,2-10H2,1H3,(H,16,21)(H,19,20). The van der Waals surface area contributed by atoms with Crippen molar-refractivity contribution in [1.82, 2.24) is 10.2 Å². The molecule has 2 fully saturated rings. The van der Waals surface area contributed by atoms with E-state index < -0.39 is 17.5 Å². The lowest BCUT2D eigenvalue weighted by molar-refractivity contribution is -0.148. The molecule has 0 aliphatic heterocycles. The Kier molecular flexibility index (Phi) is 5.08. The number of carbonyl (C=O) groups excluding carboxylic acids is 1. The summed E-state index contributed by atoms with van der Waals surface area (Å²) in [6.07, 6.45) is 6.11. The van der Waals surface area contributed by atoms with Crippen LogP contribution < -0.4 is 5.32 Å². The second-order valence-electron chi connectivity index (χ2n) is 6.48. The molecule has 0 bridgehead atoms. The van der Waals surface area contributed by atoms with Crippen LogP contribution in [0.3, 0.4) is 0 Å². The van der Waals surface area contributed by atoms with E-state index in [2.05, 4.69) is 5.32 Å². The van der Waals surface area contributed by atoms with Crippen LogP contribution in [0.1, 0.15) is 51.4 Å². The number of carboxylic acids is 1. The first kappa shape index (κ1) is 16.1. The molecule has 2 atom stereocenters. The van der Waals surface area contributed by atoms with E-state index in [1.165, 1.54) is 4.90 Å². The van der Waals surface area contributed by atoms with Gasteiger partial charge in [-0.15, -0.1) is 0 Å². The maximum absolute atomic E-state index is 12.2. The third kappa shape index (κ3) is 3.48.